The highest BCUT2D eigenvalue weighted by Gasteiger charge is 2.31. The van der Waals surface area contributed by atoms with E-state index in [9.17, 15) is 28.1 Å². The van der Waals surface area contributed by atoms with E-state index < -0.39 is 28.6 Å². The molecule has 11 heteroatoms. The molecular weight excluding hydrogens is 429 g/mol. The van der Waals surface area contributed by atoms with Gasteiger partial charge in [0.2, 0.25) is 0 Å². The Bertz CT molecular complexity index is 1160. The summed E-state index contributed by atoms with van der Waals surface area (Å²) in [4.78, 5) is 24.9. The maximum Gasteiger partial charge on any atom is 0.416 e. The number of methoxy groups -OCH3 is 1. The Morgan fingerprint density at radius 3 is 2.53 bits per heavy atom. The van der Waals surface area contributed by atoms with Gasteiger partial charge in [0.1, 0.15) is 0 Å². The number of ether oxygens (including phenoxy) is 1. The highest BCUT2D eigenvalue weighted by atomic mass is 19.4. The fraction of sp³-hybridized carbons (Fsp3) is 0.238. The molecule has 3 rings (SSSR count). The van der Waals surface area contributed by atoms with Crippen molar-refractivity contribution in [3.05, 3.63) is 81.7 Å². The molecule has 0 radical (unpaired) electrons. The average molecular weight is 448 g/mol. The highest BCUT2D eigenvalue weighted by Crippen LogP contribution is 2.31. The van der Waals surface area contributed by atoms with Gasteiger partial charge in [0.25, 0.3) is 11.6 Å². The predicted molar refractivity (Wildman–Crippen MR) is 109 cm³/mol. The van der Waals surface area contributed by atoms with Crippen molar-refractivity contribution in [1.29, 1.82) is 0 Å². The molecule has 0 fully saturated rings. The molecule has 0 saturated carbocycles. The van der Waals surface area contributed by atoms with Crippen LogP contribution in [0.4, 0.5) is 18.9 Å². The minimum atomic E-state index is -4.53. The molecule has 0 aliphatic rings. The monoisotopic (exact) mass is 448 g/mol. The summed E-state index contributed by atoms with van der Waals surface area (Å²) < 4.78 is 45.5. The Hall–Kier alpha value is -3.89. The van der Waals surface area contributed by atoms with Crippen LogP contribution in [0, 0.1) is 10.1 Å². The zero-order valence-electron chi connectivity index (χ0n) is 17.3. The van der Waals surface area contributed by atoms with Crippen LogP contribution >= 0.6 is 0 Å². The van der Waals surface area contributed by atoms with Gasteiger partial charge in [0.15, 0.2) is 11.4 Å². The number of alkyl halides is 3. The third-order valence-electron chi connectivity index (χ3n) is 5.01. The fourth-order valence-electron chi connectivity index (χ4n) is 3.08. The Balaban J connectivity index is 1.93. The van der Waals surface area contributed by atoms with Crippen molar-refractivity contribution in [2.24, 2.45) is 0 Å². The minimum Gasteiger partial charge on any atom is -0.493 e. The van der Waals surface area contributed by atoms with Gasteiger partial charge in [-0.1, -0.05) is 18.2 Å². The van der Waals surface area contributed by atoms with E-state index in [0.717, 1.165) is 16.8 Å². The van der Waals surface area contributed by atoms with Gasteiger partial charge in [-0.15, -0.1) is 0 Å². The summed E-state index contributed by atoms with van der Waals surface area (Å²) >= 11 is 0. The number of nitro benzene ring substituents is 1. The molecule has 3 aromatic rings. The molecule has 1 unspecified atom stereocenters. The lowest BCUT2D eigenvalue weighted by Gasteiger charge is -2.24. The third kappa shape index (κ3) is 4.56. The number of carbonyl (C=O) groups excluding carboxylic acids is 1. The number of non-ortho nitro benzene ring substituents is 1. The third-order valence-corrected chi connectivity index (χ3v) is 5.01. The zero-order chi connectivity index (χ0) is 23.6. The van der Waals surface area contributed by atoms with Gasteiger partial charge in [-0.25, -0.2) is 4.68 Å². The molecule has 0 N–H and O–H groups in total. The highest BCUT2D eigenvalue weighted by molar-refractivity contribution is 5.95. The molecule has 1 aromatic heterocycles. The normalized spacial score (nSPS) is 12.3. The van der Waals surface area contributed by atoms with Gasteiger partial charge >= 0.3 is 6.18 Å². The van der Waals surface area contributed by atoms with Gasteiger partial charge in [-0.2, -0.15) is 18.3 Å². The summed E-state index contributed by atoms with van der Waals surface area (Å²) in [5, 5.41) is 15.2. The summed E-state index contributed by atoms with van der Waals surface area (Å²) in [6.45, 7) is 1.69. The lowest BCUT2D eigenvalue weighted by Crippen LogP contribution is -2.30. The van der Waals surface area contributed by atoms with Crippen LogP contribution < -0.4 is 4.74 Å². The van der Waals surface area contributed by atoms with Crippen molar-refractivity contribution in [3.63, 3.8) is 0 Å². The number of benzene rings is 2. The number of carbonyl (C=O) groups is 1. The summed E-state index contributed by atoms with van der Waals surface area (Å²) in [7, 11) is 2.81. The fourth-order valence-corrected chi connectivity index (χ4v) is 3.08. The molecular formula is C21H19F3N4O4. The van der Waals surface area contributed by atoms with Gasteiger partial charge < -0.3 is 9.64 Å². The maximum absolute atomic E-state index is 13.1. The van der Waals surface area contributed by atoms with Crippen LogP contribution in [0.15, 0.2) is 54.7 Å². The smallest absolute Gasteiger partial charge is 0.416 e. The number of aromatic nitrogens is 2. The molecule has 1 heterocycles. The number of hydrogen-bond donors (Lipinski definition) is 0. The quantitative estimate of drug-likeness (QED) is 0.405. The van der Waals surface area contributed by atoms with Crippen molar-refractivity contribution in [2.45, 2.75) is 19.1 Å². The van der Waals surface area contributed by atoms with Crippen LogP contribution in [0.2, 0.25) is 0 Å². The van der Waals surface area contributed by atoms with Gasteiger partial charge in [-0.3, -0.25) is 14.9 Å². The first-order chi connectivity index (χ1) is 15.0. The van der Waals surface area contributed by atoms with Gasteiger partial charge in [0, 0.05) is 19.2 Å². The topological polar surface area (TPSA) is 90.5 Å². The van der Waals surface area contributed by atoms with Crippen molar-refractivity contribution in [1.82, 2.24) is 14.7 Å². The number of halogens is 3. The molecule has 1 amide bonds. The van der Waals surface area contributed by atoms with Crippen LogP contribution in [-0.2, 0) is 6.18 Å². The van der Waals surface area contributed by atoms with E-state index in [1.807, 2.05) is 0 Å². The van der Waals surface area contributed by atoms with Crippen LogP contribution in [-0.4, -0.2) is 39.7 Å². The van der Waals surface area contributed by atoms with E-state index in [2.05, 4.69) is 5.10 Å². The van der Waals surface area contributed by atoms with Crippen LogP contribution in [0.25, 0.3) is 5.69 Å². The first kappa shape index (κ1) is 22.8. The van der Waals surface area contributed by atoms with E-state index in [4.69, 9.17) is 4.74 Å². The van der Waals surface area contributed by atoms with Crippen molar-refractivity contribution < 1.29 is 27.6 Å². The first-order valence-corrected chi connectivity index (χ1v) is 9.35. The Labute approximate surface area is 181 Å². The molecule has 0 spiro atoms. The lowest BCUT2D eigenvalue weighted by atomic mass is 10.1. The summed E-state index contributed by atoms with van der Waals surface area (Å²) in [5.74, 6) is -0.489. The molecule has 0 aliphatic carbocycles. The summed E-state index contributed by atoms with van der Waals surface area (Å²) in [6.07, 6.45) is -3.21. The van der Waals surface area contributed by atoms with Crippen LogP contribution in [0.3, 0.4) is 0 Å². The second-order valence-electron chi connectivity index (χ2n) is 6.98. The second-order valence-corrected chi connectivity index (χ2v) is 6.98. The van der Waals surface area contributed by atoms with E-state index >= 15 is 0 Å². The Kier molecular flexibility index (Phi) is 6.19. The minimum absolute atomic E-state index is 0.0745. The zero-order valence-corrected chi connectivity index (χ0v) is 17.3. The number of nitrogens with zero attached hydrogens (tertiary/aromatic N) is 4. The van der Waals surface area contributed by atoms with E-state index in [1.54, 1.807) is 13.0 Å². The van der Waals surface area contributed by atoms with Crippen molar-refractivity contribution in [3.8, 4) is 11.4 Å². The molecule has 2 aromatic carbocycles. The van der Waals surface area contributed by atoms with Crippen molar-refractivity contribution in [2.75, 3.05) is 14.2 Å². The average Bonchev–Trinajstić information content (AvgIpc) is 3.21. The molecule has 1 atom stereocenters. The predicted octanol–water partition coefficient (Wildman–Crippen LogP) is 4.64. The maximum atomic E-state index is 13.1. The number of amides is 1. The molecule has 168 valence electrons. The molecule has 0 bridgehead atoms. The number of rotatable bonds is 6. The number of nitro groups is 1. The first-order valence-electron chi connectivity index (χ1n) is 9.35. The standard InChI is InChI=1S/C21H19F3N4O4/c1-13(14-6-4-9-17(10-14)28(30)31)26(2)20(29)19-18(32-3)12-27(25-19)16-8-5-7-15(11-16)21(22,23)24/h4-13H,1-3H3. The summed E-state index contributed by atoms with van der Waals surface area (Å²) in [6, 6.07) is 9.85. The molecule has 8 nitrogen and oxygen atoms in total. The van der Waals surface area contributed by atoms with Crippen molar-refractivity contribution >= 4 is 11.6 Å². The van der Waals surface area contributed by atoms with Crippen LogP contribution in [0.5, 0.6) is 5.75 Å². The van der Waals surface area contributed by atoms with E-state index in [0.29, 0.717) is 5.56 Å². The Morgan fingerprint density at radius 2 is 1.91 bits per heavy atom. The van der Waals surface area contributed by atoms with Gasteiger partial charge in [-0.05, 0) is 30.7 Å². The largest absolute Gasteiger partial charge is 0.493 e. The van der Waals surface area contributed by atoms with E-state index in [-0.39, 0.29) is 22.8 Å². The SMILES string of the molecule is COc1cn(-c2cccc(C(F)(F)F)c2)nc1C(=O)N(C)C(C)c1cccc([N+](=O)[O-])c1. The van der Waals surface area contributed by atoms with E-state index in [1.165, 1.54) is 55.6 Å². The molecule has 32 heavy (non-hydrogen) atoms. The second kappa shape index (κ2) is 8.69. The summed E-state index contributed by atoms with van der Waals surface area (Å²) in [5.41, 5.74) is -0.432. The van der Waals surface area contributed by atoms with Gasteiger partial charge in [0.05, 0.1) is 35.5 Å². The Morgan fingerprint density at radius 1 is 1.22 bits per heavy atom. The molecule has 0 aliphatic heterocycles. The lowest BCUT2D eigenvalue weighted by molar-refractivity contribution is -0.384. The van der Waals surface area contributed by atoms with Crippen LogP contribution in [0.1, 0.15) is 34.6 Å². The number of hydrogen-bond acceptors (Lipinski definition) is 5. The molecule has 0 saturated heterocycles.